The Labute approximate surface area is 210 Å². The molecule has 36 heavy (non-hydrogen) atoms. The number of methoxy groups -OCH3 is 1. The van der Waals surface area contributed by atoms with Crippen LogP contribution in [0.3, 0.4) is 0 Å². The van der Waals surface area contributed by atoms with Gasteiger partial charge < -0.3 is 9.84 Å². The number of pyridine rings is 1. The number of ether oxygens (including phenoxy) is 1. The van der Waals surface area contributed by atoms with Crippen LogP contribution in [0, 0.1) is 23.7 Å². The van der Waals surface area contributed by atoms with Gasteiger partial charge in [0, 0.05) is 30.7 Å². The van der Waals surface area contributed by atoms with Crippen LogP contribution in [0.5, 0.6) is 5.75 Å². The Hall–Kier alpha value is -3.57. The van der Waals surface area contributed by atoms with E-state index in [1.165, 1.54) is 6.33 Å². The second-order valence-corrected chi connectivity index (χ2v) is 9.20. The van der Waals surface area contributed by atoms with Crippen molar-refractivity contribution in [1.29, 1.82) is 0 Å². The van der Waals surface area contributed by atoms with Gasteiger partial charge in [-0.2, -0.15) is 0 Å². The van der Waals surface area contributed by atoms with Crippen molar-refractivity contribution in [2.24, 2.45) is 11.8 Å². The zero-order valence-electron chi connectivity index (χ0n) is 20.4. The molecule has 0 amide bonds. The van der Waals surface area contributed by atoms with Gasteiger partial charge in [-0.3, -0.25) is 14.7 Å². The number of nitrogens with zero attached hydrogens (tertiary/aromatic N) is 4. The average molecular weight is 491 g/mol. The lowest BCUT2D eigenvalue weighted by molar-refractivity contribution is -0.137. The smallest absolute Gasteiger partial charge is 0.303 e. The number of carboxylic acids is 1. The SMILES string of the molecule is COc1ccc2nccc([C@H](F)CC[C@@H]3CCN(CC#Cc4ccncn4)C[C@H]3CCC(=O)O)c2c1. The van der Waals surface area contributed by atoms with Crippen LogP contribution in [0.25, 0.3) is 10.9 Å². The number of fused-ring (bicyclic) bond motifs is 1. The van der Waals surface area contributed by atoms with E-state index in [1.54, 1.807) is 31.6 Å². The van der Waals surface area contributed by atoms with Crippen molar-refractivity contribution < 1.29 is 19.0 Å². The highest BCUT2D eigenvalue weighted by molar-refractivity contribution is 5.83. The summed E-state index contributed by atoms with van der Waals surface area (Å²) in [4.78, 5) is 25.9. The van der Waals surface area contributed by atoms with Crippen molar-refractivity contribution in [1.82, 2.24) is 19.9 Å². The molecule has 1 N–H and O–H groups in total. The number of aliphatic carboxylic acids is 1. The number of carboxylic acid groups (broad SMARTS) is 1. The van der Waals surface area contributed by atoms with Gasteiger partial charge in [0.05, 0.1) is 19.2 Å². The second-order valence-electron chi connectivity index (χ2n) is 9.20. The molecule has 3 heterocycles. The van der Waals surface area contributed by atoms with Crippen molar-refractivity contribution in [2.45, 2.75) is 38.3 Å². The molecule has 3 atom stereocenters. The minimum atomic E-state index is -1.13. The first-order valence-electron chi connectivity index (χ1n) is 12.3. The molecule has 2 aromatic heterocycles. The number of hydrogen-bond acceptors (Lipinski definition) is 6. The van der Waals surface area contributed by atoms with Crippen molar-refractivity contribution in [3.05, 3.63) is 60.3 Å². The first kappa shape index (κ1) is 25.5. The lowest BCUT2D eigenvalue weighted by Crippen LogP contribution is -2.41. The standard InChI is InChI=1S/C28H31FN4O3/c1-36-23-6-8-27-25(17-23)24(11-14-31-27)26(29)7-4-20-12-16-33(18-21(20)5-9-28(34)35)15-2-3-22-10-13-30-19-32-22/h6,8,10-11,13-14,17,19-21,26H,4-5,7,9,12,15-16,18H2,1H3,(H,34,35)/t20-,21-,26-/m1/s1. The summed E-state index contributed by atoms with van der Waals surface area (Å²) < 4.78 is 20.8. The fraction of sp³-hybridized carbons (Fsp3) is 0.429. The van der Waals surface area contributed by atoms with Gasteiger partial charge in [-0.05, 0) is 85.9 Å². The van der Waals surface area contributed by atoms with Crippen LogP contribution in [-0.2, 0) is 4.79 Å². The zero-order chi connectivity index (χ0) is 25.3. The van der Waals surface area contributed by atoms with Crippen LogP contribution in [0.2, 0.25) is 0 Å². The Balaban J connectivity index is 1.39. The van der Waals surface area contributed by atoms with Gasteiger partial charge in [-0.1, -0.05) is 5.92 Å². The summed E-state index contributed by atoms with van der Waals surface area (Å²) in [7, 11) is 1.59. The van der Waals surface area contributed by atoms with E-state index >= 15 is 4.39 Å². The van der Waals surface area contributed by atoms with E-state index in [1.807, 2.05) is 18.2 Å². The highest BCUT2D eigenvalue weighted by Crippen LogP contribution is 2.36. The minimum absolute atomic E-state index is 0.120. The third kappa shape index (κ3) is 6.76. The van der Waals surface area contributed by atoms with E-state index in [2.05, 4.69) is 31.7 Å². The fourth-order valence-corrected chi connectivity index (χ4v) is 4.98. The van der Waals surface area contributed by atoms with Crippen LogP contribution in [0.15, 0.2) is 49.1 Å². The molecular weight excluding hydrogens is 459 g/mol. The Morgan fingerprint density at radius 2 is 2.11 bits per heavy atom. The van der Waals surface area contributed by atoms with Crippen LogP contribution in [0.1, 0.15) is 49.5 Å². The van der Waals surface area contributed by atoms with Gasteiger partial charge in [-0.25, -0.2) is 14.4 Å². The molecule has 8 heteroatoms. The van der Waals surface area contributed by atoms with Gasteiger partial charge in [0.15, 0.2) is 0 Å². The highest BCUT2D eigenvalue weighted by Gasteiger charge is 2.30. The molecule has 0 saturated carbocycles. The number of benzene rings is 1. The maximum Gasteiger partial charge on any atom is 0.303 e. The molecule has 0 bridgehead atoms. The number of halogens is 1. The number of piperidine rings is 1. The minimum Gasteiger partial charge on any atom is -0.497 e. The number of aromatic nitrogens is 3. The summed E-state index contributed by atoms with van der Waals surface area (Å²) in [6.45, 7) is 2.22. The molecule has 1 saturated heterocycles. The third-order valence-electron chi connectivity index (χ3n) is 6.92. The molecule has 3 aromatic rings. The van der Waals surface area contributed by atoms with E-state index in [0.717, 1.165) is 30.4 Å². The largest absolute Gasteiger partial charge is 0.497 e. The van der Waals surface area contributed by atoms with Crippen LogP contribution in [-0.4, -0.2) is 57.7 Å². The fourth-order valence-electron chi connectivity index (χ4n) is 4.98. The molecular formula is C28H31FN4O3. The lowest BCUT2D eigenvalue weighted by Gasteiger charge is -2.38. The second kappa shape index (κ2) is 12.4. The molecule has 1 aliphatic heterocycles. The van der Waals surface area contributed by atoms with E-state index in [4.69, 9.17) is 4.74 Å². The Morgan fingerprint density at radius 1 is 1.22 bits per heavy atom. The molecule has 1 fully saturated rings. The maximum atomic E-state index is 15.5. The average Bonchev–Trinajstić information content (AvgIpc) is 2.91. The Bertz CT molecular complexity index is 1230. The van der Waals surface area contributed by atoms with Crippen molar-refractivity contribution in [3.8, 4) is 17.6 Å². The molecule has 0 radical (unpaired) electrons. The third-order valence-corrected chi connectivity index (χ3v) is 6.92. The summed E-state index contributed by atoms with van der Waals surface area (Å²) in [5.41, 5.74) is 2.04. The van der Waals surface area contributed by atoms with Gasteiger partial charge in [0.1, 0.15) is 23.9 Å². The van der Waals surface area contributed by atoms with Gasteiger partial charge in [-0.15, -0.1) is 0 Å². The van der Waals surface area contributed by atoms with Crippen LogP contribution < -0.4 is 4.74 Å². The number of carbonyl (C=O) groups is 1. The van der Waals surface area contributed by atoms with Crippen molar-refractivity contribution in [3.63, 3.8) is 0 Å². The van der Waals surface area contributed by atoms with E-state index < -0.39 is 12.1 Å². The molecule has 0 aliphatic carbocycles. The first-order chi connectivity index (χ1) is 17.5. The number of rotatable bonds is 9. The molecule has 0 spiro atoms. The van der Waals surface area contributed by atoms with Gasteiger partial charge in [0.25, 0.3) is 0 Å². The van der Waals surface area contributed by atoms with Gasteiger partial charge >= 0.3 is 5.97 Å². The normalized spacial score (nSPS) is 18.8. The molecule has 1 aliphatic rings. The number of likely N-dealkylation sites (tertiary alicyclic amines) is 1. The van der Waals surface area contributed by atoms with Crippen molar-refractivity contribution in [2.75, 3.05) is 26.7 Å². The summed E-state index contributed by atoms with van der Waals surface area (Å²) in [5, 5.41) is 10.0. The highest BCUT2D eigenvalue weighted by atomic mass is 19.1. The van der Waals surface area contributed by atoms with Gasteiger partial charge in [0.2, 0.25) is 0 Å². The molecule has 0 unspecified atom stereocenters. The summed E-state index contributed by atoms with van der Waals surface area (Å²) in [6, 6.07) is 9.01. The molecule has 188 valence electrons. The van der Waals surface area contributed by atoms with Crippen LogP contribution in [0.4, 0.5) is 4.39 Å². The Kier molecular flexibility index (Phi) is 8.80. The number of hydrogen-bond donors (Lipinski definition) is 1. The van der Waals surface area contributed by atoms with Crippen LogP contribution >= 0.6 is 0 Å². The molecule has 7 nitrogen and oxygen atoms in total. The number of alkyl halides is 1. The topological polar surface area (TPSA) is 88.4 Å². The maximum absolute atomic E-state index is 15.5. The first-order valence-corrected chi connectivity index (χ1v) is 12.3. The Morgan fingerprint density at radius 3 is 2.89 bits per heavy atom. The van der Waals surface area contributed by atoms with E-state index in [9.17, 15) is 9.90 Å². The predicted molar refractivity (Wildman–Crippen MR) is 135 cm³/mol. The zero-order valence-corrected chi connectivity index (χ0v) is 20.4. The quantitative estimate of drug-likeness (QED) is 0.436. The molecule has 1 aromatic carbocycles. The van der Waals surface area contributed by atoms with E-state index in [-0.39, 0.29) is 18.3 Å². The summed E-state index contributed by atoms with van der Waals surface area (Å²) in [5.74, 6) is 6.56. The predicted octanol–water partition coefficient (Wildman–Crippen LogP) is 4.68. The monoisotopic (exact) mass is 490 g/mol. The lowest BCUT2D eigenvalue weighted by atomic mass is 9.79. The summed E-state index contributed by atoms with van der Waals surface area (Å²) in [6.07, 6.45) is 6.36. The van der Waals surface area contributed by atoms with Crippen molar-refractivity contribution >= 4 is 16.9 Å². The van der Waals surface area contributed by atoms with E-state index in [0.29, 0.717) is 42.8 Å². The summed E-state index contributed by atoms with van der Waals surface area (Å²) >= 11 is 0. The molecule has 4 rings (SSSR count).